The van der Waals surface area contributed by atoms with Crippen LogP contribution in [0.5, 0.6) is 0 Å². The van der Waals surface area contributed by atoms with E-state index in [1.165, 1.54) is 0 Å². The highest BCUT2D eigenvalue weighted by Crippen LogP contribution is 2.35. The van der Waals surface area contributed by atoms with E-state index < -0.39 is 0 Å². The second-order valence-electron chi connectivity index (χ2n) is 4.34. The van der Waals surface area contributed by atoms with Crippen molar-refractivity contribution in [1.82, 2.24) is 9.97 Å². The SMILES string of the molecule is CCCNc1nc(CC)nc(-c2sccc2Cl)c1C. The first-order chi connectivity index (χ1) is 9.17. The van der Waals surface area contributed by atoms with E-state index in [-0.39, 0.29) is 0 Å². The molecule has 5 heteroatoms. The Kier molecular flexibility index (Phi) is 4.77. The monoisotopic (exact) mass is 295 g/mol. The van der Waals surface area contributed by atoms with Gasteiger partial charge in [-0.3, -0.25) is 0 Å². The minimum atomic E-state index is 0.760. The zero-order chi connectivity index (χ0) is 13.8. The molecular weight excluding hydrogens is 278 g/mol. The summed E-state index contributed by atoms with van der Waals surface area (Å²) in [7, 11) is 0. The van der Waals surface area contributed by atoms with Crippen LogP contribution in [0.4, 0.5) is 5.82 Å². The third-order valence-corrected chi connectivity index (χ3v) is 4.23. The van der Waals surface area contributed by atoms with Gasteiger partial charge in [-0.2, -0.15) is 0 Å². The second kappa shape index (κ2) is 6.35. The lowest BCUT2D eigenvalue weighted by atomic mass is 10.2. The van der Waals surface area contributed by atoms with Crippen molar-refractivity contribution in [1.29, 1.82) is 0 Å². The topological polar surface area (TPSA) is 37.8 Å². The number of hydrogen-bond acceptors (Lipinski definition) is 4. The van der Waals surface area contributed by atoms with Crippen molar-refractivity contribution in [3.05, 3.63) is 27.9 Å². The van der Waals surface area contributed by atoms with Crippen molar-refractivity contribution in [2.24, 2.45) is 0 Å². The summed E-state index contributed by atoms with van der Waals surface area (Å²) in [6, 6.07) is 1.91. The molecule has 0 aromatic carbocycles. The van der Waals surface area contributed by atoms with Crippen LogP contribution >= 0.6 is 22.9 Å². The highest BCUT2D eigenvalue weighted by molar-refractivity contribution is 7.14. The molecule has 0 saturated heterocycles. The van der Waals surface area contributed by atoms with Crippen molar-refractivity contribution in [3.63, 3.8) is 0 Å². The Balaban J connectivity index is 2.50. The number of rotatable bonds is 5. The van der Waals surface area contributed by atoms with Crippen molar-refractivity contribution >= 4 is 28.8 Å². The summed E-state index contributed by atoms with van der Waals surface area (Å²) in [5.74, 6) is 1.77. The van der Waals surface area contributed by atoms with Gasteiger partial charge in [-0.05, 0) is 24.8 Å². The molecule has 0 aliphatic heterocycles. The molecule has 0 radical (unpaired) electrons. The first-order valence-electron chi connectivity index (χ1n) is 6.52. The van der Waals surface area contributed by atoms with Crippen molar-refractivity contribution in [3.8, 4) is 10.6 Å². The van der Waals surface area contributed by atoms with E-state index in [9.17, 15) is 0 Å². The van der Waals surface area contributed by atoms with Crippen LogP contribution in [0.25, 0.3) is 10.6 Å². The van der Waals surface area contributed by atoms with Crippen LogP contribution < -0.4 is 5.32 Å². The molecule has 0 fully saturated rings. The molecule has 0 saturated carbocycles. The lowest BCUT2D eigenvalue weighted by molar-refractivity contribution is 0.911. The van der Waals surface area contributed by atoms with Crippen LogP contribution in [0.1, 0.15) is 31.7 Å². The molecule has 0 spiro atoms. The maximum atomic E-state index is 6.23. The van der Waals surface area contributed by atoms with Gasteiger partial charge in [-0.1, -0.05) is 25.4 Å². The van der Waals surface area contributed by atoms with Crippen molar-refractivity contribution in [2.45, 2.75) is 33.6 Å². The van der Waals surface area contributed by atoms with E-state index in [0.29, 0.717) is 0 Å². The van der Waals surface area contributed by atoms with Crippen LogP contribution in [-0.4, -0.2) is 16.5 Å². The molecule has 2 heterocycles. The van der Waals surface area contributed by atoms with Gasteiger partial charge < -0.3 is 5.32 Å². The van der Waals surface area contributed by atoms with Crippen LogP contribution in [0, 0.1) is 6.92 Å². The van der Waals surface area contributed by atoms with Crippen LogP contribution in [-0.2, 0) is 6.42 Å². The third kappa shape index (κ3) is 3.07. The Bertz CT molecular complexity index is 566. The molecule has 2 aromatic rings. The Morgan fingerprint density at radius 2 is 2.11 bits per heavy atom. The second-order valence-corrected chi connectivity index (χ2v) is 5.66. The van der Waals surface area contributed by atoms with Crippen molar-refractivity contribution < 1.29 is 0 Å². The summed E-state index contributed by atoms with van der Waals surface area (Å²) >= 11 is 7.85. The third-order valence-electron chi connectivity index (χ3n) is 2.88. The van der Waals surface area contributed by atoms with Gasteiger partial charge in [0.2, 0.25) is 0 Å². The van der Waals surface area contributed by atoms with Gasteiger partial charge in [0.25, 0.3) is 0 Å². The number of aromatic nitrogens is 2. The minimum absolute atomic E-state index is 0.760. The molecule has 0 aliphatic carbocycles. The molecule has 2 rings (SSSR count). The zero-order valence-electron chi connectivity index (χ0n) is 11.5. The van der Waals surface area contributed by atoms with E-state index in [4.69, 9.17) is 11.6 Å². The number of nitrogens with one attached hydrogen (secondary N) is 1. The molecule has 0 amide bonds. The highest BCUT2D eigenvalue weighted by atomic mass is 35.5. The molecule has 2 aromatic heterocycles. The predicted octanol–water partition coefficient (Wildman–Crippen LogP) is 4.55. The molecule has 0 unspecified atom stereocenters. The number of nitrogens with zero attached hydrogens (tertiary/aromatic N) is 2. The number of halogens is 1. The molecule has 3 nitrogen and oxygen atoms in total. The Morgan fingerprint density at radius 3 is 2.68 bits per heavy atom. The maximum absolute atomic E-state index is 6.23. The molecule has 0 bridgehead atoms. The van der Waals surface area contributed by atoms with Gasteiger partial charge in [-0.25, -0.2) is 9.97 Å². The van der Waals surface area contributed by atoms with E-state index in [1.807, 2.05) is 18.4 Å². The van der Waals surface area contributed by atoms with Crippen LogP contribution in [0.15, 0.2) is 11.4 Å². The quantitative estimate of drug-likeness (QED) is 0.879. The average molecular weight is 296 g/mol. The zero-order valence-corrected chi connectivity index (χ0v) is 13.0. The maximum Gasteiger partial charge on any atom is 0.133 e. The standard InChI is InChI=1S/C14H18ClN3S/c1-4-7-16-14-9(3)12(17-11(5-2)18-14)13-10(15)6-8-19-13/h6,8H,4-5,7H2,1-3H3,(H,16,17,18). The molecule has 1 N–H and O–H groups in total. The van der Waals surface area contributed by atoms with Crippen LogP contribution in [0.3, 0.4) is 0 Å². The Hall–Kier alpha value is -1.13. The fourth-order valence-corrected chi connectivity index (χ4v) is 3.01. The number of anilines is 1. The summed E-state index contributed by atoms with van der Waals surface area (Å²) in [4.78, 5) is 10.2. The molecule has 102 valence electrons. The van der Waals surface area contributed by atoms with Gasteiger partial charge in [-0.15, -0.1) is 11.3 Å². The summed E-state index contributed by atoms with van der Waals surface area (Å²) in [6.07, 6.45) is 1.89. The van der Waals surface area contributed by atoms with E-state index >= 15 is 0 Å². The summed E-state index contributed by atoms with van der Waals surface area (Å²) in [5, 5.41) is 6.12. The Morgan fingerprint density at radius 1 is 1.32 bits per heavy atom. The fraction of sp³-hybridized carbons (Fsp3) is 0.429. The van der Waals surface area contributed by atoms with Crippen molar-refractivity contribution in [2.75, 3.05) is 11.9 Å². The normalized spacial score (nSPS) is 10.7. The smallest absolute Gasteiger partial charge is 0.133 e. The van der Waals surface area contributed by atoms with Gasteiger partial charge in [0.1, 0.15) is 11.6 Å². The summed E-state index contributed by atoms with van der Waals surface area (Å²) in [5.41, 5.74) is 2.01. The van der Waals surface area contributed by atoms with Gasteiger partial charge in [0, 0.05) is 18.5 Å². The molecule has 0 atom stereocenters. The fourth-order valence-electron chi connectivity index (χ4n) is 1.82. The Labute approximate surface area is 123 Å². The van der Waals surface area contributed by atoms with E-state index in [1.54, 1.807) is 11.3 Å². The lowest BCUT2D eigenvalue weighted by Crippen LogP contribution is -2.08. The van der Waals surface area contributed by atoms with Gasteiger partial charge in [0.15, 0.2) is 0 Å². The predicted molar refractivity (Wildman–Crippen MR) is 83.3 cm³/mol. The molecule has 0 aliphatic rings. The highest BCUT2D eigenvalue weighted by Gasteiger charge is 2.15. The minimum Gasteiger partial charge on any atom is -0.370 e. The molecule has 19 heavy (non-hydrogen) atoms. The van der Waals surface area contributed by atoms with Gasteiger partial charge >= 0.3 is 0 Å². The summed E-state index contributed by atoms with van der Waals surface area (Å²) in [6.45, 7) is 7.16. The largest absolute Gasteiger partial charge is 0.370 e. The first kappa shape index (κ1) is 14.3. The number of thiophene rings is 1. The number of aryl methyl sites for hydroxylation is 1. The van der Waals surface area contributed by atoms with Crippen LogP contribution in [0.2, 0.25) is 5.02 Å². The van der Waals surface area contributed by atoms with E-state index in [0.717, 1.165) is 52.2 Å². The van der Waals surface area contributed by atoms with Gasteiger partial charge in [0.05, 0.1) is 15.6 Å². The number of hydrogen-bond donors (Lipinski definition) is 1. The lowest BCUT2D eigenvalue weighted by Gasteiger charge is -2.12. The first-order valence-corrected chi connectivity index (χ1v) is 7.77. The summed E-state index contributed by atoms with van der Waals surface area (Å²) < 4.78 is 0. The average Bonchev–Trinajstić information content (AvgIpc) is 2.84. The van der Waals surface area contributed by atoms with E-state index in [2.05, 4.69) is 29.1 Å². The molecular formula is C14H18ClN3S.